The molecule has 0 unspecified atom stereocenters. The number of anilines is 2. The van der Waals surface area contributed by atoms with Crippen LogP contribution in [0.15, 0.2) is 67.1 Å². The van der Waals surface area contributed by atoms with Crippen LogP contribution in [0.1, 0.15) is 43.1 Å². The molecule has 3 N–H and O–H groups in total. The molecule has 2 atom stereocenters. The van der Waals surface area contributed by atoms with Crippen molar-refractivity contribution in [3.63, 3.8) is 0 Å². The van der Waals surface area contributed by atoms with Crippen molar-refractivity contribution in [1.82, 2.24) is 24.8 Å². The van der Waals surface area contributed by atoms with Crippen LogP contribution in [0.5, 0.6) is 0 Å². The highest BCUT2D eigenvalue weighted by atomic mass is 35.5. The monoisotopic (exact) mass is 571 g/mol. The molecule has 0 aliphatic heterocycles. The van der Waals surface area contributed by atoms with E-state index in [9.17, 15) is 9.59 Å². The normalized spacial score (nSPS) is 19.1. The van der Waals surface area contributed by atoms with Gasteiger partial charge in [0.05, 0.1) is 28.8 Å². The number of fused-ring (bicyclic) bond motifs is 1. The van der Waals surface area contributed by atoms with E-state index in [1.54, 1.807) is 24.4 Å². The molecule has 41 heavy (non-hydrogen) atoms. The van der Waals surface area contributed by atoms with Crippen LogP contribution in [0, 0.1) is 5.41 Å². The summed E-state index contributed by atoms with van der Waals surface area (Å²) in [5.74, 6) is 0.233. The van der Waals surface area contributed by atoms with Crippen molar-refractivity contribution in [2.45, 2.75) is 38.6 Å². The Morgan fingerprint density at radius 3 is 2.78 bits per heavy atom. The third-order valence-corrected chi connectivity index (χ3v) is 7.73. The van der Waals surface area contributed by atoms with Crippen molar-refractivity contribution < 1.29 is 9.59 Å². The van der Waals surface area contributed by atoms with Crippen LogP contribution in [0.25, 0.3) is 22.2 Å². The summed E-state index contributed by atoms with van der Waals surface area (Å²) in [5, 5.41) is 7.74. The molecule has 0 saturated heterocycles. The van der Waals surface area contributed by atoms with Gasteiger partial charge in [0.25, 0.3) is 0 Å². The molecule has 0 spiro atoms. The van der Waals surface area contributed by atoms with Gasteiger partial charge >= 0.3 is 0 Å². The van der Waals surface area contributed by atoms with Crippen LogP contribution < -0.4 is 10.6 Å². The number of carbonyl (C=O) groups is 2. The molecule has 0 bridgehead atoms. The van der Waals surface area contributed by atoms with Gasteiger partial charge in [0.2, 0.25) is 11.9 Å². The summed E-state index contributed by atoms with van der Waals surface area (Å²) in [6.45, 7) is 2.67. The van der Waals surface area contributed by atoms with Gasteiger partial charge in [-0.3, -0.25) is 14.6 Å². The quantitative estimate of drug-likeness (QED) is 0.167. The summed E-state index contributed by atoms with van der Waals surface area (Å²) >= 11 is 6.51. The van der Waals surface area contributed by atoms with E-state index in [1.165, 1.54) is 12.3 Å². The lowest BCUT2D eigenvalue weighted by Gasteiger charge is -2.37. The van der Waals surface area contributed by atoms with Crippen molar-refractivity contribution in [2.75, 3.05) is 31.3 Å². The molecule has 212 valence electrons. The molecule has 1 saturated carbocycles. The highest BCUT2D eigenvalue weighted by Crippen LogP contribution is 2.40. The largest absolute Gasteiger partial charge is 0.360 e. The van der Waals surface area contributed by atoms with Crippen molar-refractivity contribution in [1.29, 1.82) is 0 Å². The molecule has 0 radical (unpaired) electrons. The zero-order valence-corrected chi connectivity index (χ0v) is 24.2. The molecule has 4 aromatic rings. The minimum absolute atomic E-state index is 0.00994. The zero-order chi connectivity index (χ0) is 29.0. The van der Waals surface area contributed by atoms with Gasteiger partial charge in [-0.05, 0) is 51.6 Å². The second-order valence-corrected chi connectivity index (χ2v) is 11.5. The van der Waals surface area contributed by atoms with Gasteiger partial charge < -0.3 is 20.5 Å². The lowest BCUT2D eigenvalue weighted by molar-refractivity contribution is -0.111. The van der Waals surface area contributed by atoms with E-state index in [1.807, 2.05) is 56.4 Å². The van der Waals surface area contributed by atoms with E-state index in [0.29, 0.717) is 41.0 Å². The first kappa shape index (κ1) is 28.4. The Bertz CT molecular complexity index is 1580. The van der Waals surface area contributed by atoms with Crippen LogP contribution in [0.4, 0.5) is 11.6 Å². The molecule has 5 rings (SSSR count). The summed E-state index contributed by atoms with van der Waals surface area (Å²) in [6, 6.07) is 11.4. The molecule has 10 heteroatoms. The molecule has 1 aliphatic rings. The first-order chi connectivity index (χ1) is 19.7. The number of likely N-dealkylation sites (N-methyl/N-ethyl adjacent to an activating group) is 1. The SMILES string of the molecule is CN(C)C/C=C/C(=O)Nc1ccc(C(=O)[C@]2(C)CCC[C@@H](Nc3ncc(Cl)c(-c4c[nH]c5ccccc45)n3)C2)nc1. The van der Waals surface area contributed by atoms with Crippen LogP contribution in [-0.2, 0) is 4.79 Å². The van der Waals surface area contributed by atoms with Crippen LogP contribution in [-0.4, -0.2) is 63.2 Å². The summed E-state index contributed by atoms with van der Waals surface area (Å²) in [6.07, 6.45) is 11.5. The number of hydrogen-bond donors (Lipinski definition) is 3. The second kappa shape index (κ2) is 12.2. The fourth-order valence-corrected chi connectivity index (χ4v) is 5.55. The predicted octanol–water partition coefficient (Wildman–Crippen LogP) is 5.97. The van der Waals surface area contributed by atoms with Gasteiger partial charge in [-0.2, -0.15) is 0 Å². The minimum atomic E-state index is -0.589. The van der Waals surface area contributed by atoms with E-state index in [0.717, 1.165) is 35.7 Å². The van der Waals surface area contributed by atoms with Gasteiger partial charge in [-0.1, -0.05) is 49.2 Å². The number of ketones is 1. The molecule has 1 amide bonds. The standard InChI is InChI=1S/C31H34ClN7O2/c1-31(29(41)26-13-12-21(17-33-26)36-27(40)11-7-15-39(2)3)14-6-8-20(16-31)37-30-35-19-24(32)28(38-30)23-18-34-25-10-5-4-9-22(23)25/h4-5,7,9-13,17-20,34H,6,8,14-16H2,1-3H3,(H,36,40)(H,35,37,38)/b11-7+/t20-,31-/m1/s1. The van der Waals surface area contributed by atoms with Crippen LogP contribution >= 0.6 is 11.6 Å². The summed E-state index contributed by atoms with van der Waals surface area (Å²) in [5.41, 5.74) is 2.92. The zero-order valence-electron chi connectivity index (χ0n) is 23.4. The first-order valence-corrected chi connectivity index (χ1v) is 14.1. The number of carbonyl (C=O) groups excluding carboxylic acids is 2. The van der Waals surface area contributed by atoms with E-state index in [4.69, 9.17) is 16.6 Å². The molecule has 9 nitrogen and oxygen atoms in total. The summed E-state index contributed by atoms with van der Waals surface area (Å²) in [4.78, 5) is 44.5. The smallest absolute Gasteiger partial charge is 0.248 e. The van der Waals surface area contributed by atoms with Gasteiger partial charge in [0.1, 0.15) is 5.69 Å². The Labute approximate surface area is 244 Å². The average Bonchev–Trinajstić information content (AvgIpc) is 3.38. The molecule has 1 fully saturated rings. The van der Waals surface area contributed by atoms with Crippen molar-refractivity contribution in [3.8, 4) is 11.3 Å². The molecule has 3 aromatic heterocycles. The van der Waals surface area contributed by atoms with Gasteiger partial charge in [-0.15, -0.1) is 0 Å². The number of amides is 1. The Morgan fingerprint density at radius 1 is 1.17 bits per heavy atom. The van der Waals surface area contributed by atoms with Crippen molar-refractivity contribution >= 4 is 45.8 Å². The lowest BCUT2D eigenvalue weighted by atomic mass is 9.70. The fourth-order valence-electron chi connectivity index (χ4n) is 5.36. The highest BCUT2D eigenvalue weighted by molar-refractivity contribution is 6.33. The van der Waals surface area contributed by atoms with Gasteiger partial charge in [0, 0.05) is 46.7 Å². The minimum Gasteiger partial charge on any atom is -0.360 e. The van der Waals surface area contributed by atoms with Gasteiger partial charge in [-0.25, -0.2) is 9.97 Å². The van der Waals surface area contributed by atoms with Crippen LogP contribution in [0.2, 0.25) is 5.02 Å². The van der Waals surface area contributed by atoms with Crippen LogP contribution in [0.3, 0.4) is 0 Å². The number of Topliss-reactive ketones (excluding diaryl/α,β-unsaturated/α-hetero) is 1. The third-order valence-electron chi connectivity index (χ3n) is 7.45. The highest BCUT2D eigenvalue weighted by Gasteiger charge is 2.39. The average molecular weight is 572 g/mol. The van der Waals surface area contributed by atoms with Crippen molar-refractivity contribution in [3.05, 3.63) is 77.9 Å². The maximum Gasteiger partial charge on any atom is 0.248 e. The summed E-state index contributed by atoms with van der Waals surface area (Å²) in [7, 11) is 3.86. The predicted molar refractivity (Wildman–Crippen MR) is 163 cm³/mol. The summed E-state index contributed by atoms with van der Waals surface area (Å²) < 4.78 is 0. The first-order valence-electron chi connectivity index (χ1n) is 13.7. The fraction of sp³-hybridized carbons (Fsp3) is 0.323. The molecule has 1 aliphatic carbocycles. The number of H-pyrrole nitrogens is 1. The maximum atomic E-state index is 13.6. The number of nitrogens with zero attached hydrogens (tertiary/aromatic N) is 4. The Morgan fingerprint density at radius 2 is 2.00 bits per heavy atom. The number of halogens is 1. The second-order valence-electron chi connectivity index (χ2n) is 11.1. The van der Waals surface area contributed by atoms with E-state index in [2.05, 4.69) is 25.6 Å². The number of aromatic nitrogens is 4. The Balaban J connectivity index is 1.25. The number of para-hydroxylation sites is 1. The number of aromatic amines is 1. The van der Waals surface area contributed by atoms with E-state index < -0.39 is 5.41 Å². The maximum absolute atomic E-state index is 13.6. The topological polar surface area (TPSA) is 116 Å². The molecular weight excluding hydrogens is 538 g/mol. The molecular formula is C31H34ClN7O2. The lowest BCUT2D eigenvalue weighted by Crippen LogP contribution is -2.39. The number of benzene rings is 1. The number of hydrogen-bond acceptors (Lipinski definition) is 7. The Hall–Kier alpha value is -4.08. The molecule has 1 aromatic carbocycles. The van der Waals surface area contributed by atoms with E-state index >= 15 is 0 Å². The third kappa shape index (κ3) is 6.64. The number of rotatable bonds is 9. The molecule has 3 heterocycles. The Kier molecular flexibility index (Phi) is 8.46. The van der Waals surface area contributed by atoms with Gasteiger partial charge in [0.15, 0.2) is 5.78 Å². The number of nitrogens with one attached hydrogen (secondary N) is 3. The van der Waals surface area contributed by atoms with Crippen molar-refractivity contribution in [2.24, 2.45) is 5.41 Å². The number of pyridine rings is 1. The van der Waals surface area contributed by atoms with E-state index in [-0.39, 0.29) is 17.7 Å².